The number of aliphatic hydroxyl groups is 1. The summed E-state index contributed by atoms with van der Waals surface area (Å²) in [6, 6.07) is 13.3. The highest BCUT2D eigenvalue weighted by Crippen LogP contribution is 2.34. The van der Waals surface area contributed by atoms with E-state index in [1.165, 1.54) is 0 Å². The van der Waals surface area contributed by atoms with Crippen LogP contribution in [0.4, 0.5) is 11.6 Å². The fraction of sp³-hybridized carbons (Fsp3) is 0.375. The normalized spacial score (nSPS) is 15.3. The molecule has 0 unspecified atom stereocenters. The Morgan fingerprint density at radius 3 is 2.58 bits per heavy atom. The van der Waals surface area contributed by atoms with Crippen molar-refractivity contribution in [2.75, 3.05) is 44.1 Å². The number of hydrogen-bond donors (Lipinski definition) is 2. The number of nitrogens with zero attached hydrogens (tertiary/aromatic N) is 4. The first-order chi connectivity index (χ1) is 16.0. The van der Waals surface area contributed by atoms with Gasteiger partial charge >= 0.3 is 0 Å². The number of aliphatic hydroxyl groups excluding tert-OH is 1. The summed E-state index contributed by atoms with van der Waals surface area (Å²) in [6.45, 7) is 1.86. The zero-order chi connectivity index (χ0) is 23.4. The van der Waals surface area contributed by atoms with Crippen molar-refractivity contribution in [1.29, 1.82) is 5.26 Å². The van der Waals surface area contributed by atoms with E-state index in [1.54, 1.807) is 20.3 Å². The molecule has 0 radical (unpaired) electrons. The highest BCUT2D eigenvalue weighted by atomic mass is 35.5. The van der Waals surface area contributed by atoms with Crippen LogP contribution < -0.4 is 15.0 Å². The van der Waals surface area contributed by atoms with Crippen molar-refractivity contribution in [2.45, 2.75) is 25.0 Å². The lowest BCUT2D eigenvalue weighted by atomic mass is 9.92. The second-order valence-corrected chi connectivity index (χ2v) is 8.51. The Bertz CT molecular complexity index is 1180. The predicted octanol–water partition coefficient (Wildman–Crippen LogP) is 3.75. The number of piperidine rings is 1. The molecule has 0 aliphatic carbocycles. The summed E-state index contributed by atoms with van der Waals surface area (Å²) >= 11 is 6.25. The molecular formula is C24H26ClN5O3. The summed E-state index contributed by atoms with van der Waals surface area (Å²) in [5, 5.41) is 33.7. The molecule has 0 bridgehead atoms. The van der Waals surface area contributed by atoms with Gasteiger partial charge < -0.3 is 24.8 Å². The molecule has 1 fully saturated rings. The van der Waals surface area contributed by atoms with Gasteiger partial charge in [0.2, 0.25) is 0 Å². The van der Waals surface area contributed by atoms with Crippen molar-refractivity contribution in [3.63, 3.8) is 0 Å². The molecule has 2 N–H and O–H groups in total. The van der Waals surface area contributed by atoms with Crippen LogP contribution in [-0.4, -0.2) is 54.8 Å². The third kappa shape index (κ3) is 4.67. The van der Waals surface area contributed by atoms with E-state index in [0.29, 0.717) is 54.6 Å². The molecule has 2 aromatic carbocycles. The van der Waals surface area contributed by atoms with Crippen LogP contribution in [-0.2, 0) is 11.3 Å². The van der Waals surface area contributed by atoms with E-state index in [9.17, 15) is 10.4 Å². The molecule has 3 aromatic rings. The van der Waals surface area contributed by atoms with Crippen LogP contribution in [0.1, 0.15) is 24.0 Å². The van der Waals surface area contributed by atoms with E-state index in [-0.39, 0.29) is 6.61 Å². The van der Waals surface area contributed by atoms with Gasteiger partial charge in [0.25, 0.3) is 0 Å². The summed E-state index contributed by atoms with van der Waals surface area (Å²) in [4.78, 5) is 2.15. The third-order valence-electron chi connectivity index (χ3n) is 6.26. The van der Waals surface area contributed by atoms with Gasteiger partial charge in [0.05, 0.1) is 36.0 Å². The van der Waals surface area contributed by atoms with E-state index in [0.717, 1.165) is 22.2 Å². The van der Waals surface area contributed by atoms with Gasteiger partial charge in [-0.25, -0.2) is 0 Å². The molecule has 4 rings (SSSR count). The number of anilines is 2. The monoisotopic (exact) mass is 467 g/mol. The smallest absolute Gasteiger partial charge is 0.159 e. The minimum absolute atomic E-state index is 0.00642. The van der Waals surface area contributed by atoms with Gasteiger partial charge in [-0.1, -0.05) is 17.7 Å². The van der Waals surface area contributed by atoms with E-state index in [4.69, 9.17) is 21.1 Å². The fourth-order valence-corrected chi connectivity index (χ4v) is 4.41. The Labute approximate surface area is 197 Å². The number of benzene rings is 2. The molecular weight excluding hydrogens is 442 g/mol. The van der Waals surface area contributed by atoms with Gasteiger partial charge in [-0.05, 0) is 48.7 Å². The average Bonchev–Trinajstić information content (AvgIpc) is 2.87. The molecule has 0 amide bonds. The molecule has 0 atom stereocenters. The lowest BCUT2D eigenvalue weighted by Crippen LogP contribution is -2.48. The molecule has 33 heavy (non-hydrogen) atoms. The first kappa shape index (κ1) is 23.1. The molecule has 0 saturated carbocycles. The Hall–Kier alpha value is -3.12. The Morgan fingerprint density at radius 1 is 1.15 bits per heavy atom. The van der Waals surface area contributed by atoms with Crippen LogP contribution in [0.15, 0.2) is 36.4 Å². The van der Waals surface area contributed by atoms with E-state index in [2.05, 4.69) is 26.5 Å². The molecule has 0 spiro atoms. The van der Waals surface area contributed by atoms with Crippen molar-refractivity contribution in [3.8, 4) is 11.8 Å². The Kier molecular flexibility index (Phi) is 6.84. The van der Waals surface area contributed by atoms with Crippen LogP contribution in [0.25, 0.3) is 10.8 Å². The molecule has 8 nitrogen and oxygen atoms in total. The maximum Gasteiger partial charge on any atom is 0.159 e. The van der Waals surface area contributed by atoms with Crippen LogP contribution in [0.3, 0.4) is 0 Å². The molecule has 2 heterocycles. The van der Waals surface area contributed by atoms with Gasteiger partial charge in [-0.15, -0.1) is 10.2 Å². The van der Waals surface area contributed by atoms with Crippen molar-refractivity contribution in [2.24, 2.45) is 0 Å². The lowest BCUT2D eigenvalue weighted by molar-refractivity contribution is -0.0673. The summed E-state index contributed by atoms with van der Waals surface area (Å²) in [5.41, 5.74) is 1.01. The number of fused-ring (bicyclic) bond motifs is 1. The molecule has 1 aliphatic rings. The van der Waals surface area contributed by atoms with Gasteiger partial charge in [-0.3, -0.25) is 0 Å². The van der Waals surface area contributed by atoms with Crippen molar-refractivity contribution >= 4 is 34.0 Å². The van der Waals surface area contributed by atoms with Crippen molar-refractivity contribution in [3.05, 3.63) is 52.5 Å². The minimum atomic E-state index is -0.505. The molecule has 172 valence electrons. The van der Waals surface area contributed by atoms with Crippen LogP contribution in [0.2, 0.25) is 5.02 Å². The maximum absolute atomic E-state index is 9.74. The number of halogens is 1. The van der Waals surface area contributed by atoms with E-state index >= 15 is 0 Å². The zero-order valence-electron chi connectivity index (χ0n) is 18.6. The van der Waals surface area contributed by atoms with E-state index < -0.39 is 5.60 Å². The van der Waals surface area contributed by atoms with Crippen LogP contribution in [0, 0.1) is 11.3 Å². The number of ether oxygens (including phenoxy) is 2. The summed E-state index contributed by atoms with van der Waals surface area (Å²) in [6.07, 6.45) is 1.38. The number of methoxy groups -OCH3 is 2. The Balaban J connectivity index is 1.62. The van der Waals surface area contributed by atoms with Crippen LogP contribution >= 0.6 is 11.6 Å². The standard InChI is InChI=1S/C24H26ClN5O3/c1-32-21-6-4-17(12-20(21)25)14-27-22-19-11-16(13-26)3-5-18(19)23(29-28-22)30-9-7-24(15-31,33-2)8-10-30/h3-6,11-12,31H,7-10,14-15H2,1-2H3,(H,27,28). The van der Waals surface area contributed by atoms with Crippen molar-refractivity contribution in [1.82, 2.24) is 10.2 Å². The molecule has 9 heteroatoms. The summed E-state index contributed by atoms with van der Waals surface area (Å²) in [5.74, 6) is 1.97. The van der Waals surface area contributed by atoms with Gasteiger partial charge in [0, 0.05) is 37.5 Å². The number of nitrogens with one attached hydrogen (secondary N) is 1. The SMILES string of the molecule is COc1ccc(CNc2nnc(N3CCC(CO)(OC)CC3)c3ccc(C#N)cc23)cc1Cl. The lowest BCUT2D eigenvalue weighted by Gasteiger charge is -2.40. The highest BCUT2D eigenvalue weighted by Gasteiger charge is 2.35. The largest absolute Gasteiger partial charge is 0.495 e. The van der Waals surface area contributed by atoms with E-state index in [1.807, 2.05) is 30.3 Å². The maximum atomic E-state index is 9.74. The van der Waals surface area contributed by atoms with Gasteiger partial charge in [-0.2, -0.15) is 5.26 Å². The molecule has 1 aliphatic heterocycles. The van der Waals surface area contributed by atoms with Gasteiger partial charge in [0.15, 0.2) is 11.6 Å². The second-order valence-electron chi connectivity index (χ2n) is 8.10. The Morgan fingerprint density at radius 2 is 1.94 bits per heavy atom. The average molecular weight is 468 g/mol. The number of hydrogen-bond acceptors (Lipinski definition) is 8. The van der Waals surface area contributed by atoms with Crippen LogP contribution in [0.5, 0.6) is 5.75 Å². The topological polar surface area (TPSA) is 104 Å². The zero-order valence-corrected chi connectivity index (χ0v) is 19.4. The predicted molar refractivity (Wildman–Crippen MR) is 128 cm³/mol. The minimum Gasteiger partial charge on any atom is -0.495 e. The highest BCUT2D eigenvalue weighted by molar-refractivity contribution is 6.32. The summed E-state index contributed by atoms with van der Waals surface area (Å²) < 4.78 is 10.8. The van der Waals surface area contributed by atoms with Gasteiger partial charge in [0.1, 0.15) is 5.75 Å². The molecule has 1 aromatic heterocycles. The first-order valence-corrected chi connectivity index (χ1v) is 11.1. The number of aromatic nitrogens is 2. The fourth-order valence-electron chi connectivity index (χ4n) is 4.13. The quantitative estimate of drug-likeness (QED) is 0.541. The molecule has 1 saturated heterocycles. The second kappa shape index (κ2) is 9.79. The first-order valence-electron chi connectivity index (χ1n) is 10.7. The number of rotatable bonds is 7. The number of nitriles is 1. The third-order valence-corrected chi connectivity index (χ3v) is 6.56. The van der Waals surface area contributed by atoms with Crippen molar-refractivity contribution < 1.29 is 14.6 Å². The summed E-state index contributed by atoms with van der Waals surface area (Å²) in [7, 11) is 3.22.